The van der Waals surface area contributed by atoms with E-state index in [-0.39, 0.29) is 12.0 Å². The molecule has 2 heterocycles. The summed E-state index contributed by atoms with van der Waals surface area (Å²) in [6, 6.07) is 1.90. The van der Waals surface area contributed by atoms with Crippen LogP contribution in [0.3, 0.4) is 0 Å². The summed E-state index contributed by atoms with van der Waals surface area (Å²) in [5.74, 6) is 1.23. The van der Waals surface area contributed by atoms with Gasteiger partial charge in [-0.05, 0) is 40.4 Å². The van der Waals surface area contributed by atoms with Gasteiger partial charge < -0.3 is 19.0 Å². The summed E-state index contributed by atoms with van der Waals surface area (Å²) in [5.41, 5.74) is 0.906. The molecule has 0 aromatic carbocycles. The molecule has 1 aromatic heterocycles. The molecule has 1 atom stereocenters. The second-order valence-electron chi connectivity index (χ2n) is 5.71. The Balaban J connectivity index is 1.98. The first-order valence-corrected chi connectivity index (χ1v) is 7.10. The Bertz CT molecular complexity index is 468. The first kappa shape index (κ1) is 15.1. The van der Waals surface area contributed by atoms with Crippen LogP contribution in [0.1, 0.15) is 28.3 Å². The van der Waals surface area contributed by atoms with Gasteiger partial charge in [-0.1, -0.05) is 0 Å². The maximum Gasteiger partial charge on any atom is 0.290 e. The summed E-state index contributed by atoms with van der Waals surface area (Å²) in [6.07, 6.45) is 1.05. The van der Waals surface area contributed by atoms with Crippen molar-refractivity contribution in [2.45, 2.75) is 26.4 Å². The van der Waals surface area contributed by atoms with E-state index < -0.39 is 0 Å². The van der Waals surface area contributed by atoms with Crippen molar-refractivity contribution in [3.8, 4) is 0 Å². The number of carbonyl (C=O) groups is 1. The highest BCUT2D eigenvalue weighted by Crippen LogP contribution is 2.18. The number of hydrogen-bond acceptors (Lipinski definition) is 4. The zero-order chi connectivity index (χ0) is 14.7. The molecule has 0 radical (unpaired) electrons. The van der Waals surface area contributed by atoms with E-state index in [2.05, 4.69) is 4.90 Å². The average molecular weight is 280 g/mol. The zero-order valence-electron chi connectivity index (χ0n) is 12.8. The molecule has 1 aliphatic rings. The van der Waals surface area contributed by atoms with E-state index in [9.17, 15) is 4.79 Å². The van der Waals surface area contributed by atoms with Crippen molar-refractivity contribution in [2.75, 3.05) is 40.3 Å². The van der Waals surface area contributed by atoms with Crippen LogP contribution >= 0.6 is 0 Å². The van der Waals surface area contributed by atoms with Gasteiger partial charge in [0.2, 0.25) is 0 Å². The molecule has 1 aliphatic heterocycles. The first-order valence-electron chi connectivity index (χ1n) is 7.10. The Morgan fingerprint density at radius 1 is 1.45 bits per heavy atom. The first-order chi connectivity index (χ1) is 9.47. The monoisotopic (exact) mass is 280 g/mol. The summed E-state index contributed by atoms with van der Waals surface area (Å²) in [6.45, 7) is 6.62. The Kier molecular flexibility index (Phi) is 4.83. The molecular formula is C15H24N2O3. The molecule has 2 rings (SSSR count). The molecule has 112 valence electrons. The number of nitrogens with zero attached hydrogens (tertiary/aromatic N) is 2. The maximum atomic E-state index is 12.5. The summed E-state index contributed by atoms with van der Waals surface area (Å²) < 4.78 is 11.3. The van der Waals surface area contributed by atoms with E-state index in [0.717, 1.165) is 24.3 Å². The molecule has 0 aliphatic carbocycles. The van der Waals surface area contributed by atoms with Crippen molar-refractivity contribution in [3.63, 3.8) is 0 Å². The SMILES string of the molecule is Cc1cc(C)c(C(=O)N2CCOC(CCN(C)C)C2)o1. The molecule has 1 saturated heterocycles. The van der Waals surface area contributed by atoms with Crippen molar-refractivity contribution >= 4 is 5.91 Å². The van der Waals surface area contributed by atoms with Crippen LogP contribution < -0.4 is 0 Å². The number of amides is 1. The number of rotatable bonds is 4. The standard InChI is InChI=1S/C15H24N2O3/c1-11-9-12(2)20-14(11)15(18)17-7-8-19-13(10-17)5-6-16(3)4/h9,13H,5-8,10H2,1-4H3. The maximum absolute atomic E-state index is 12.5. The van der Waals surface area contributed by atoms with Crippen molar-refractivity contribution in [1.29, 1.82) is 0 Å². The third kappa shape index (κ3) is 3.61. The lowest BCUT2D eigenvalue weighted by atomic mass is 10.1. The largest absolute Gasteiger partial charge is 0.456 e. The molecule has 1 unspecified atom stereocenters. The minimum absolute atomic E-state index is 0.0197. The van der Waals surface area contributed by atoms with E-state index in [1.54, 1.807) is 0 Å². The Hall–Kier alpha value is -1.33. The van der Waals surface area contributed by atoms with E-state index >= 15 is 0 Å². The molecule has 5 nitrogen and oxygen atoms in total. The molecule has 0 saturated carbocycles. The fraction of sp³-hybridized carbons (Fsp3) is 0.667. The molecule has 0 bridgehead atoms. The highest BCUT2D eigenvalue weighted by atomic mass is 16.5. The number of furan rings is 1. The Morgan fingerprint density at radius 3 is 2.80 bits per heavy atom. The topological polar surface area (TPSA) is 45.9 Å². The van der Waals surface area contributed by atoms with E-state index in [0.29, 0.717) is 25.5 Å². The second-order valence-corrected chi connectivity index (χ2v) is 5.71. The van der Waals surface area contributed by atoms with Crippen LogP contribution in [-0.4, -0.2) is 62.1 Å². The van der Waals surface area contributed by atoms with Gasteiger partial charge in [0.15, 0.2) is 5.76 Å². The average Bonchev–Trinajstić information content (AvgIpc) is 2.75. The summed E-state index contributed by atoms with van der Waals surface area (Å²) in [7, 11) is 4.08. The van der Waals surface area contributed by atoms with E-state index in [1.807, 2.05) is 38.9 Å². The smallest absolute Gasteiger partial charge is 0.290 e. The summed E-state index contributed by atoms with van der Waals surface area (Å²) in [4.78, 5) is 16.5. The van der Waals surface area contributed by atoms with Gasteiger partial charge in [0, 0.05) is 25.2 Å². The van der Waals surface area contributed by atoms with Gasteiger partial charge in [0.25, 0.3) is 5.91 Å². The zero-order valence-corrected chi connectivity index (χ0v) is 12.8. The highest BCUT2D eigenvalue weighted by Gasteiger charge is 2.27. The Labute approximate surface area is 120 Å². The van der Waals surface area contributed by atoms with Crippen LogP contribution in [0.25, 0.3) is 0 Å². The molecule has 5 heteroatoms. The highest BCUT2D eigenvalue weighted by molar-refractivity contribution is 5.93. The summed E-state index contributed by atoms with van der Waals surface area (Å²) in [5, 5.41) is 0. The summed E-state index contributed by atoms with van der Waals surface area (Å²) >= 11 is 0. The molecule has 1 amide bonds. The van der Waals surface area contributed by atoms with Gasteiger partial charge in [-0.15, -0.1) is 0 Å². The third-order valence-electron chi connectivity index (χ3n) is 3.56. The van der Waals surface area contributed by atoms with Crippen LogP contribution in [0.4, 0.5) is 0 Å². The second kappa shape index (κ2) is 6.41. The molecule has 1 aromatic rings. The number of hydrogen-bond donors (Lipinski definition) is 0. The van der Waals surface area contributed by atoms with E-state index in [4.69, 9.17) is 9.15 Å². The molecule has 20 heavy (non-hydrogen) atoms. The Morgan fingerprint density at radius 2 is 2.20 bits per heavy atom. The predicted molar refractivity (Wildman–Crippen MR) is 77.0 cm³/mol. The fourth-order valence-corrected chi connectivity index (χ4v) is 2.48. The van der Waals surface area contributed by atoms with Crippen LogP contribution in [0, 0.1) is 13.8 Å². The fourth-order valence-electron chi connectivity index (χ4n) is 2.48. The van der Waals surface area contributed by atoms with Gasteiger partial charge in [-0.3, -0.25) is 4.79 Å². The molecule has 0 N–H and O–H groups in total. The van der Waals surface area contributed by atoms with Gasteiger partial charge in [-0.2, -0.15) is 0 Å². The van der Waals surface area contributed by atoms with Gasteiger partial charge in [0.05, 0.1) is 12.7 Å². The lowest BCUT2D eigenvalue weighted by molar-refractivity contribution is -0.0279. The van der Waals surface area contributed by atoms with Crippen molar-refractivity contribution < 1.29 is 13.9 Å². The van der Waals surface area contributed by atoms with Crippen LogP contribution in [0.5, 0.6) is 0 Å². The quantitative estimate of drug-likeness (QED) is 0.842. The number of aryl methyl sites for hydroxylation is 2. The number of morpholine rings is 1. The minimum Gasteiger partial charge on any atom is -0.456 e. The van der Waals surface area contributed by atoms with Gasteiger partial charge >= 0.3 is 0 Å². The minimum atomic E-state index is -0.0197. The lowest BCUT2D eigenvalue weighted by Gasteiger charge is -2.33. The lowest BCUT2D eigenvalue weighted by Crippen LogP contribution is -2.46. The number of ether oxygens (including phenoxy) is 1. The normalized spacial score (nSPS) is 19.6. The molecule has 0 spiro atoms. The van der Waals surface area contributed by atoms with E-state index in [1.165, 1.54) is 0 Å². The van der Waals surface area contributed by atoms with Gasteiger partial charge in [0.1, 0.15) is 5.76 Å². The molecule has 1 fully saturated rings. The third-order valence-corrected chi connectivity index (χ3v) is 3.56. The van der Waals surface area contributed by atoms with Crippen LogP contribution in [0.2, 0.25) is 0 Å². The van der Waals surface area contributed by atoms with Crippen LogP contribution in [-0.2, 0) is 4.74 Å². The predicted octanol–water partition coefficient (Wildman–Crippen LogP) is 1.69. The van der Waals surface area contributed by atoms with Crippen molar-refractivity contribution in [3.05, 3.63) is 23.2 Å². The number of carbonyl (C=O) groups excluding carboxylic acids is 1. The van der Waals surface area contributed by atoms with Crippen molar-refractivity contribution in [1.82, 2.24) is 9.80 Å². The molecular weight excluding hydrogens is 256 g/mol. The van der Waals surface area contributed by atoms with Gasteiger partial charge in [-0.25, -0.2) is 0 Å². The van der Waals surface area contributed by atoms with Crippen LogP contribution in [0.15, 0.2) is 10.5 Å². The van der Waals surface area contributed by atoms with Crippen molar-refractivity contribution in [2.24, 2.45) is 0 Å².